The molecule has 0 aliphatic rings. The molecule has 3 heteroatoms. The maximum atomic E-state index is 2.31. The maximum absolute atomic E-state index is 2.31. The van der Waals surface area contributed by atoms with Gasteiger partial charge in [-0.05, 0) is 0 Å². The Bertz CT molecular complexity index is 960. The molecule has 0 saturated carbocycles. The molecule has 0 N–H and O–H groups in total. The van der Waals surface area contributed by atoms with Gasteiger partial charge in [-0.1, -0.05) is 0 Å². The van der Waals surface area contributed by atoms with Crippen molar-refractivity contribution in [2.75, 3.05) is 0 Å². The van der Waals surface area contributed by atoms with Crippen molar-refractivity contribution in [1.29, 1.82) is 0 Å². The fourth-order valence-electron chi connectivity index (χ4n) is 2.77. The van der Waals surface area contributed by atoms with Gasteiger partial charge < -0.3 is 0 Å². The van der Waals surface area contributed by atoms with E-state index in [4.69, 9.17) is 0 Å². The second-order valence-corrected chi connectivity index (χ2v) is 14.1. The Labute approximate surface area is 192 Å². The summed E-state index contributed by atoms with van der Waals surface area (Å²) >= 11 is 1.14. The van der Waals surface area contributed by atoms with Gasteiger partial charge in [-0.15, -0.1) is 0 Å². The zero-order valence-electron chi connectivity index (χ0n) is 16.5. The van der Waals surface area contributed by atoms with E-state index in [9.17, 15) is 0 Å². The van der Waals surface area contributed by atoms with Crippen LogP contribution in [0.3, 0.4) is 0 Å². The first kappa shape index (κ1) is 20.7. The van der Waals surface area contributed by atoms with Crippen LogP contribution in [0.4, 0.5) is 0 Å². The second-order valence-electron chi connectivity index (χ2n) is 6.88. The second kappa shape index (κ2) is 9.96. The Kier molecular flexibility index (Phi) is 7.11. The van der Waals surface area contributed by atoms with Crippen LogP contribution in [0.1, 0.15) is 11.1 Å². The van der Waals surface area contributed by atoms with Crippen molar-refractivity contribution in [3.05, 3.63) is 108 Å². The Balaban J connectivity index is 1.36. The van der Waals surface area contributed by atoms with Crippen molar-refractivity contribution < 1.29 is 0 Å². The van der Waals surface area contributed by atoms with Crippen LogP contribution in [0.25, 0.3) is 0 Å². The number of aryl methyl sites for hydroxylation is 2. The molecule has 144 valence electrons. The Morgan fingerprint density at radius 3 is 0.690 bits per heavy atom. The molecule has 0 amide bonds. The molecule has 0 saturated heterocycles. The van der Waals surface area contributed by atoms with Crippen LogP contribution in [0.2, 0.25) is 0 Å². The summed E-state index contributed by atoms with van der Waals surface area (Å²) in [5.74, 6) is 0. The zero-order valence-corrected chi connectivity index (χ0v) is 21.6. The molecule has 4 aromatic rings. The van der Waals surface area contributed by atoms with E-state index in [0.717, 1.165) is 0 Å². The third-order valence-electron chi connectivity index (χ3n) is 4.40. The van der Waals surface area contributed by atoms with Crippen LogP contribution in [-0.2, 0) is 0 Å². The van der Waals surface area contributed by atoms with E-state index in [0.29, 0.717) is 44.9 Å². The van der Waals surface area contributed by atoms with Crippen molar-refractivity contribution in [3.8, 4) is 0 Å². The third kappa shape index (κ3) is 6.21. The molecule has 0 radical (unpaired) electrons. The SMILES string of the molecule is Cc1ccc([Se]c2ccc([Se]c3ccc([Se]c4ccc(C)cc4)cc3)cc2)cc1. The molecule has 4 aromatic carbocycles. The van der Waals surface area contributed by atoms with Gasteiger partial charge in [-0.25, -0.2) is 0 Å². The Morgan fingerprint density at radius 2 is 0.483 bits per heavy atom. The first-order chi connectivity index (χ1) is 14.1. The van der Waals surface area contributed by atoms with Gasteiger partial charge in [0.05, 0.1) is 0 Å². The Morgan fingerprint density at radius 1 is 0.310 bits per heavy atom. The van der Waals surface area contributed by atoms with Gasteiger partial charge in [0.1, 0.15) is 0 Å². The number of hydrogen-bond acceptors (Lipinski definition) is 0. The summed E-state index contributed by atoms with van der Waals surface area (Å²) < 4.78 is 8.64. The predicted molar refractivity (Wildman–Crippen MR) is 130 cm³/mol. The average molecular weight is 571 g/mol. The summed E-state index contributed by atoms with van der Waals surface area (Å²) in [6.07, 6.45) is 0. The van der Waals surface area contributed by atoms with Crippen molar-refractivity contribution in [2.24, 2.45) is 0 Å². The van der Waals surface area contributed by atoms with Crippen molar-refractivity contribution in [3.63, 3.8) is 0 Å². The van der Waals surface area contributed by atoms with Crippen molar-refractivity contribution >= 4 is 71.6 Å². The molecule has 0 aromatic heterocycles. The molecule has 0 nitrogen and oxygen atoms in total. The van der Waals surface area contributed by atoms with Gasteiger partial charge >= 0.3 is 194 Å². The normalized spacial score (nSPS) is 10.8. The fourth-order valence-corrected chi connectivity index (χ4v) is 7.91. The van der Waals surface area contributed by atoms with Gasteiger partial charge in [-0.2, -0.15) is 0 Å². The van der Waals surface area contributed by atoms with E-state index >= 15 is 0 Å². The summed E-state index contributed by atoms with van der Waals surface area (Å²) in [7, 11) is 0. The van der Waals surface area contributed by atoms with E-state index in [1.54, 1.807) is 0 Å². The van der Waals surface area contributed by atoms with Gasteiger partial charge in [0.25, 0.3) is 0 Å². The number of hydrogen-bond donors (Lipinski definition) is 0. The monoisotopic (exact) mass is 574 g/mol. The van der Waals surface area contributed by atoms with Crippen LogP contribution in [0.5, 0.6) is 0 Å². The molecule has 0 spiro atoms. The minimum atomic E-state index is 0.366. The van der Waals surface area contributed by atoms with Crippen molar-refractivity contribution in [2.45, 2.75) is 13.8 Å². The van der Waals surface area contributed by atoms with E-state index in [-0.39, 0.29) is 0 Å². The molecule has 0 aliphatic heterocycles. The van der Waals surface area contributed by atoms with Crippen LogP contribution in [0.15, 0.2) is 97.1 Å². The molecule has 0 fully saturated rings. The van der Waals surface area contributed by atoms with Gasteiger partial charge in [-0.3, -0.25) is 0 Å². The average Bonchev–Trinajstić information content (AvgIpc) is 2.74. The van der Waals surface area contributed by atoms with Gasteiger partial charge in [0.15, 0.2) is 0 Å². The fraction of sp³-hybridized carbons (Fsp3) is 0.0769. The molecular weight excluding hydrogens is 549 g/mol. The van der Waals surface area contributed by atoms with Gasteiger partial charge in [0, 0.05) is 0 Å². The van der Waals surface area contributed by atoms with Gasteiger partial charge in [0.2, 0.25) is 0 Å². The van der Waals surface area contributed by atoms with E-state index < -0.39 is 0 Å². The summed E-state index contributed by atoms with van der Waals surface area (Å²) in [6, 6.07) is 36.4. The molecule has 29 heavy (non-hydrogen) atoms. The zero-order chi connectivity index (χ0) is 20.1. The summed E-state index contributed by atoms with van der Waals surface area (Å²) in [5, 5.41) is 0. The molecule has 0 bridgehead atoms. The van der Waals surface area contributed by atoms with Crippen LogP contribution >= 0.6 is 0 Å². The quantitative estimate of drug-likeness (QED) is 0.306. The summed E-state index contributed by atoms with van der Waals surface area (Å²) in [4.78, 5) is 0. The summed E-state index contributed by atoms with van der Waals surface area (Å²) in [6.45, 7) is 4.29. The van der Waals surface area contributed by atoms with E-state index in [1.165, 1.54) is 37.9 Å². The minimum absolute atomic E-state index is 0.366. The van der Waals surface area contributed by atoms with E-state index in [2.05, 4.69) is 111 Å². The standard InChI is InChI=1S/C26H22Se3/c1-19-3-7-21(8-4-19)27-23-11-15-25(16-12-23)29-26-17-13-24(14-18-26)28-22-9-5-20(2)6-10-22/h3-18H,1-2H3. The first-order valence-electron chi connectivity index (χ1n) is 9.51. The molecule has 0 heterocycles. The molecule has 0 atom stereocenters. The van der Waals surface area contributed by atoms with Crippen LogP contribution in [0, 0.1) is 13.8 Å². The third-order valence-corrected chi connectivity index (χ3v) is 10.8. The van der Waals surface area contributed by atoms with Crippen LogP contribution < -0.4 is 26.8 Å². The van der Waals surface area contributed by atoms with Crippen LogP contribution in [-0.4, -0.2) is 44.9 Å². The summed E-state index contributed by atoms with van der Waals surface area (Å²) in [5.41, 5.74) is 2.65. The van der Waals surface area contributed by atoms with Crippen molar-refractivity contribution in [1.82, 2.24) is 0 Å². The topological polar surface area (TPSA) is 0 Å². The van der Waals surface area contributed by atoms with E-state index in [1.807, 2.05) is 0 Å². The molecule has 0 aliphatic carbocycles. The number of rotatable bonds is 6. The number of benzene rings is 4. The molecule has 0 unspecified atom stereocenters. The molecule has 4 rings (SSSR count). The predicted octanol–water partition coefficient (Wildman–Crippen LogP) is 1.27. The first-order valence-corrected chi connectivity index (χ1v) is 14.6. The molecular formula is C26H22Se3. The Hall–Kier alpha value is -1.56.